The average Bonchev–Trinajstić information content (AvgIpc) is 2.07. The second-order valence-electron chi connectivity index (χ2n) is 2.61. The van der Waals surface area contributed by atoms with Crippen LogP contribution in [0.4, 0.5) is 0 Å². The standard InChI is InChI=1S/C9H12OS/c1-2-8-11(10)9-6-4-3-5-7-9/h1,6H,3-5,7-8H2. The third kappa shape index (κ3) is 2.61. The Balaban J connectivity index is 2.45. The molecule has 0 spiro atoms. The quantitative estimate of drug-likeness (QED) is 0.455. The van der Waals surface area contributed by atoms with Crippen LogP contribution in [0.5, 0.6) is 0 Å². The molecule has 1 nitrogen and oxygen atoms in total. The Labute approximate surface area is 71.1 Å². The van der Waals surface area contributed by atoms with E-state index in [1.54, 1.807) is 0 Å². The highest BCUT2D eigenvalue weighted by molar-refractivity contribution is 7.95. The minimum Gasteiger partial charge on any atom is -0.611 e. The van der Waals surface area contributed by atoms with Crippen LogP contribution in [0.15, 0.2) is 11.0 Å². The zero-order valence-corrected chi connectivity index (χ0v) is 7.32. The lowest BCUT2D eigenvalue weighted by atomic mass is 10.1. The molecule has 2 heteroatoms. The van der Waals surface area contributed by atoms with Crippen LogP contribution in [0.3, 0.4) is 0 Å². The third-order valence-electron chi connectivity index (χ3n) is 1.76. The Bertz CT molecular complexity index is 190. The van der Waals surface area contributed by atoms with Gasteiger partial charge in [0, 0.05) is 6.42 Å². The number of hydrogen-bond donors (Lipinski definition) is 0. The Morgan fingerprint density at radius 1 is 1.64 bits per heavy atom. The summed E-state index contributed by atoms with van der Waals surface area (Å²) in [5.41, 5.74) is 0. The van der Waals surface area contributed by atoms with Gasteiger partial charge in [0.15, 0.2) is 5.75 Å². The van der Waals surface area contributed by atoms with E-state index in [2.05, 4.69) is 12.0 Å². The summed E-state index contributed by atoms with van der Waals surface area (Å²) in [6.45, 7) is 0. The summed E-state index contributed by atoms with van der Waals surface area (Å²) in [6.07, 6.45) is 11.6. The van der Waals surface area contributed by atoms with Gasteiger partial charge in [-0.3, -0.25) is 0 Å². The summed E-state index contributed by atoms with van der Waals surface area (Å²) < 4.78 is 11.3. The van der Waals surface area contributed by atoms with Crippen LogP contribution in [0.2, 0.25) is 0 Å². The molecule has 0 saturated carbocycles. The molecule has 11 heavy (non-hydrogen) atoms. The fraction of sp³-hybridized carbons (Fsp3) is 0.556. The van der Waals surface area contributed by atoms with Crippen molar-refractivity contribution in [3.05, 3.63) is 11.0 Å². The molecule has 1 unspecified atom stereocenters. The molecule has 0 aromatic carbocycles. The first-order valence-corrected chi connectivity index (χ1v) is 5.17. The van der Waals surface area contributed by atoms with Gasteiger partial charge in [0.2, 0.25) is 0 Å². The number of hydrogen-bond acceptors (Lipinski definition) is 1. The fourth-order valence-electron chi connectivity index (χ4n) is 1.18. The fourth-order valence-corrected chi connectivity index (χ4v) is 2.20. The van der Waals surface area contributed by atoms with Crippen LogP contribution in [0, 0.1) is 12.3 Å². The molecule has 1 aliphatic rings. The Hall–Kier alpha value is -0.390. The molecule has 0 aliphatic heterocycles. The van der Waals surface area contributed by atoms with Crippen molar-refractivity contribution in [3.63, 3.8) is 0 Å². The molecule has 60 valence electrons. The monoisotopic (exact) mass is 168 g/mol. The van der Waals surface area contributed by atoms with Gasteiger partial charge in [0.05, 0.1) is 0 Å². The predicted octanol–water partition coefficient (Wildman–Crippen LogP) is 1.83. The van der Waals surface area contributed by atoms with E-state index in [0.717, 1.165) is 17.7 Å². The molecule has 1 aliphatic carbocycles. The molecule has 0 amide bonds. The molecular weight excluding hydrogens is 156 g/mol. The van der Waals surface area contributed by atoms with E-state index >= 15 is 0 Å². The molecule has 0 bridgehead atoms. The zero-order valence-electron chi connectivity index (χ0n) is 6.51. The molecule has 0 fully saturated rings. The summed E-state index contributed by atoms with van der Waals surface area (Å²) in [5, 5.41) is 0. The molecule has 1 rings (SSSR count). The maximum atomic E-state index is 11.3. The Kier molecular flexibility index (Phi) is 3.55. The first kappa shape index (κ1) is 8.70. The largest absolute Gasteiger partial charge is 0.611 e. The highest BCUT2D eigenvalue weighted by atomic mass is 32.2. The Morgan fingerprint density at radius 3 is 3.00 bits per heavy atom. The number of terminal acetylenes is 1. The molecule has 0 saturated heterocycles. The van der Waals surface area contributed by atoms with Crippen molar-refractivity contribution in [2.24, 2.45) is 0 Å². The van der Waals surface area contributed by atoms with E-state index in [-0.39, 0.29) is 0 Å². The zero-order chi connectivity index (χ0) is 8.10. The van der Waals surface area contributed by atoms with Gasteiger partial charge in [0.1, 0.15) is 4.91 Å². The van der Waals surface area contributed by atoms with Crippen molar-refractivity contribution in [2.75, 3.05) is 5.75 Å². The summed E-state index contributed by atoms with van der Waals surface area (Å²) in [6, 6.07) is 0. The molecular formula is C9H12OS. The van der Waals surface area contributed by atoms with Crippen LogP contribution in [0.1, 0.15) is 25.7 Å². The van der Waals surface area contributed by atoms with Crippen molar-refractivity contribution in [1.82, 2.24) is 0 Å². The average molecular weight is 168 g/mol. The minimum atomic E-state index is -0.881. The highest BCUT2D eigenvalue weighted by Crippen LogP contribution is 2.22. The topological polar surface area (TPSA) is 23.1 Å². The van der Waals surface area contributed by atoms with Crippen LogP contribution >= 0.6 is 0 Å². The summed E-state index contributed by atoms with van der Waals surface area (Å²) in [7, 11) is 0. The molecule has 0 aromatic rings. The van der Waals surface area contributed by atoms with Crippen LogP contribution in [-0.2, 0) is 11.2 Å². The number of rotatable bonds is 2. The summed E-state index contributed by atoms with van der Waals surface area (Å²) >= 11 is -0.881. The van der Waals surface area contributed by atoms with Gasteiger partial charge in [0.25, 0.3) is 0 Å². The van der Waals surface area contributed by atoms with E-state index < -0.39 is 11.2 Å². The maximum Gasteiger partial charge on any atom is 0.170 e. The van der Waals surface area contributed by atoms with Gasteiger partial charge < -0.3 is 4.55 Å². The van der Waals surface area contributed by atoms with Gasteiger partial charge in [-0.05, 0) is 36.5 Å². The lowest BCUT2D eigenvalue weighted by Crippen LogP contribution is -2.09. The van der Waals surface area contributed by atoms with E-state index in [1.807, 2.05) is 0 Å². The van der Waals surface area contributed by atoms with E-state index in [1.165, 1.54) is 12.8 Å². The van der Waals surface area contributed by atoms with E-state index in [4.69, 9.17) is 6.42 Å². The lowest BCUT2D eigenvalue weighted by molar-refractivity contribution is 0.597. The Morgan fingerprint density at radius 2 is 2.45 bits per heavy atom. The van der Waals surface area contributed by atoms with Crippen LogP contribution in [0.25, 0.3) is 0 Å². The molecule has 0 radical (unpaired) electrons. The van der Waals surface area contributed by atoms with Gasteiger partial charge in [-0.25, -0.2) is 0 Å². The second-order valence-corrected chi connectivity index (χ2v) is 4.11. The smallest absolute Gasteiger partial charge is 0.170 e. The first-order chi connectivity index (χ1) is 5.34. The van der Waals surface area contributed by atoms with Crippen molar-refractivity contribution in [2.45, 2.75) is 25.7 Å². The van der Waals surface area contributed by atoms with Gasteiger partial charge in [-0.1, -0.05) is 5.92 Å². The van der Waals surface area contributed by atoms with E-state index in [0.29, 0.717) is 5.75 Å². The molecule has 0 aromatic heterocycles. The van der Waals surface area contributed by atoms with Crippen molar-refractivity contribution < 1.29 is 4.55 Å². The van der Waals surface area contributed by atoms with Gasteiger partial charge >= 0.3 is 0 Å². The molecule has 1 atom stereocenters. The highest BCUT2D eigenvalue weighted by Gasteiger charge is 2.14. The van der Waals surface area contributed by atoms with Gasteiger partial charge in [-0.2, -0.15) is 0 Å². The van der Waals surface area contributed by atoms with Crippen LogP contribution in [-0.4, -0.2) is 10.3 Å². The maximum absolute atomic E-state index is 11.3. The number of allylic oxidation sites excluding steroid dienone is 2. The van der Waals surface area contributed by atoms with Gasteiger partial charge in [-0.15, -0.1) is 6.42 Å². The summed E-state index contributed by atoms with van der Waals surface area (Å²) in [5.74, 6) is 2.80. The second kappa shape index (κ2) is 4.48. The third-order valence-corrected chi connectivity index (χ3v) is 3.14. The van der Waals surface area contributed by atoms with Crippen molar-refractivity contribution in [3.8, 4) is 12.3 Å². The summed E-state index contributed by atoms with van der Waals surface area (Å²) in [4.78, 5) is 1.06. The first-order valence-electron chi connectivity index (χ1n) is 3.85. The SMILES string of the molecule is C#CC[S+]([O-])C1=CCCCC1. The van der Waals surface area contributed by atoms with Crippen molar-refractivity contribution in [1.29, 1.82) is 0 Å². The molecule has 0 N–H and O–H groups in total. The normalized spacial score (nSPS) is 20.2. The van der Waals surface area contributed by atoms with E-state index in [9.17, 15) is 4.55 Å². The van der Waals surface area contributed by atoms with Crippen LogP contribution < -0.4 is 0 Å². The molecule has 0 heterocycles. The minimum absolute atomic E-state index is 0.381. The lowest BCUT2D eigenvalue weighted by Gasteiger charge is -2.14. The van der Waals surface area contributed by atoms with Crippen molar-refractivity contribution >= 4 is 11.2 Å². The predicted molar refractivity (Wildman–Crippen MR) is 48.4 cm³/mol.